The van der Waals surface area contributed by atoms with Crippen LogP contribution in [0.4, 0.5) is 0 Å². The Kier molecular flexibility index (Phi) is 4.66. The number of carbonyl (C=O) groups excluding carboxylic acids is 1. The van der Waals surface area contributed by atoms with Gasteiger partial charge in [-0.2, -0.15) is 0 Å². The van der Waals surface area contributed by atoms with E-state index < -0.39 is 0 Å². The topological polar surface area (TPSA) is 50.4 Å². The molecule has 2 aliphatic heterocycles. The molecule has 2 atom stereocenters. The minimum absolute atomic E-state index is 0. The highest BCUT2D eigenvalue weighted by Crippen LogP contribution is 2.31. The normalized spacial score (nSPS) is 24.8. The highest BCUT2D eigenvalue weighted by molar-refractivity contribution is 5.85. The molecular weight excluding hydrogens is 264 g/mol. The van der Waals surface area contributed by atoms with Crippen LogP contribution < -0.4 is 15.4 Å². The zero-order valence-electron chi connectivity index (χ0n) is 10.7. The molecule has 1 aromatic carbocycles. The maximum Gasteiger partial charge on any atom is 0.224 e. The van der Waals surface area contributed by atoms with Crippen LogP contribution >= 0.6 is 12.4 Å². The molecule has 1 amide bonds. The van der Waals surface area contributed by atoms with Crippen molar-refractivity contribution >= 4 is 18.3 Å². The average molecular weight is 283 g/mol. The average Bonchev–Trinajstić information content (AvgIpc) is 2.83. The smallest absolute Gasteiger partial charge is 0.224 e. The third kappa shape index (κ3) is 3.01. The predicted molar refractivity (Wildman–Crippen MR) is 75.7 cm³/mol. The van der Waals surface area contributed by atoms with E-state index in [2.05, 4.69) is 10.6 Å². The Balaban J connectivity index is 0.00000133. The Morgan fingerprint density at radius 2 is 2.21 bits per heavy atom. The van der Waals surface area contributed by atoms with Gasteiger partial charge in [0.1, 0.15) is 12.4 Å². The molecule has 1 saturated heterocycles. The summed E-state index contributed by atoms with van der Waals surface area (Å²) in [5.74, 6) is 1.14. The highest BCUT2D eigenvalue weighted by atomic mass is 35.5. The lowest BCUT2D eigenvalue weighted by Gasteiger charge is -2.23. The number of para-hydroxylation sites is 1. The Labute approximate surface area is 119 Å². The summed E-state index contributed by atoms with van der Waals surface area (Å²) in [7, 11) is 0. The zero-order chi connectivity index (χ0) is 12.4. The zero-order valence-corrected chi connectivity index (χ0v) is 11.5. The summed E-state index contributed by atoms with van der Waals surface area (Å²) in [6.45, 7) is 2.37. The number of halogens is 1. The molecule has 0 radical (unpaired) electrons. The van der Waals surface area contributed by atoms with Gasteiger partial charge in [-0.25, -0.2) is 0 Å². The molecule has 0 saturated carbocycles. The Bertz CT molecular complexity index is 447. The molecule has 0 bridgehead atoms. The molecule has 19 heavy (non-hydrogen) atoms. The fraction of sp³-hybridized carbons (Fsp3) is 0.500. The first-order valence-corrected chi connectivity index (χ1v) is 6.57. The molecule has 5 heteroatoms. The standard InChI is InChI=1S/C14H18N2O2.ClH/c17-14(10-4-3-7-15-8-10)16-12-9-18-13-6-2-1-5-11(12)13;/h1-2,5-6,10,12,15H,3-4,7-9H2,(H,16,17);1H. The summed E-state index contributed by atoms with van der Waals surface area (Å²) < 4.78 is 5.57. The van der Waals surface area contributed by atoms with Crippen LogP contribution in [0.1, 0.15) is 24.4 Å². The third-order valence-electron chi connectivity index (χ3n) is 3.68. The van der Waals surface area contributed by atoms with E-state index in [4.69, 9.17) is 4.74 Å². The fourth-order valence-electron chi connectivity index (χ4n) is 2.65. The van der Waals surface area contributed by atoms with Crippen LogP contribution in [-0.2, 0) is 4.79 Å². The van der Waals surface area contributed by atoms with Crippen molar-refractivity contribution in [3.05, 3.63) is 29.8 Å². The van der Waals surface area contributed by atoms with Gasteiger partial charge in [0, 0.05) is 12.1 Å². The summed E-state index contributed by atoms with van der Waals surface area (Å²) in [6.07, 6.45) is 2.06. The molecular formula is C14H19ClN2O2. The van der Waals surface area contributed by atoms with Gasteiger partial charge in [0.05, 0.1) is 12.0 Å². The van der Waals surface area contributed by atoms with E-state index in [9.17, 15) is 4.79 Å². The Morgan fingerprint density at radius 1 is 1.37 bits per heavy atom. The quantitative estimate of drug-likeness (QED) is 0.867. The summed E-state index contributed by atoms with van der Waals surface area (Å²) in [4.78, 5) is 12.2. The minimum Gasteiger partial charge on any atom is -0.491 e. The van der Waals surface area contributed by atoms with Crippen LogP contribution in [0.25, 0.3) is 0 Å². The SMILES string of the molecule is Cl.O=C(NC1COc2ccccc21)C1CCCNC1. The lowest BCUT2D eigenvalue weighted by molar-refractivity contribution is -0.126. The van der Waals surface area contributed by atoms with Crippen molar-refractivity contribution in [2.24, 2.45) is 5.92 Å². The second-order valence-corrected chi connectivity index (χ2v) is 4.95. The van der Waals surface area contributed by atoms with Crippen LogP contribution in [-0.4, -0.2) is 25.6 Å². The van der Waals surface area contributed by atoms with Crippen LogP contribution in [0, 0.1) is 5.92 Å². The number of piperidine rings is 1. The van der Waals surface area contributed by atoms with Crippen molar-refractivity contribution < 1.29 is 9.53 Å². The fourth-order valence-corrected chi connectivity index (χ4v) is 2.65. The number of amides is 1. The van der Waals surface area contributed by atoms with Crippen molar-refractivity contribution in [2.75, 3.05) is 19.7 Å². The molecule has 4 nitrogen and oxygen atoms in total. The van der Waals surface area contributed by atoms with Crippen LogP contribution in [0.5, 0.6) is 5.75 Å². The number of nitrogens with one attached hydrogen (secondary N) is 2. The van der Waals surface area contributed by atoms with Gasteiger partial charge in [-0.1, -0.05) is 18.2 Å². The van der Waals surface area contributed by atoms with Crippen molar-refractivity contribution in [1.29, 1.82) is 0 Å². The van der Waals surface area contributed by atoms with Crippen LogP contribution in [0.3, 0.4) is 0 Å². The first-order chi connectivity index (χ1) is 8.84. The minimum atomic E-state index is 0. The van der Waals surface area contributed by atoms with Crippen molar-refractivity contribution in [3.8, 4) is 5.75 Å². The number of benzene rings is 1. The lowest BCUT2D eigenvalue weighted by atomic mass is 9.98. The van der Waals surface area contributed by atoms with Gasteiger partial charge in [0.15, 0.2) is 0 Å². The Morgan fingerprint density at radius 3 is 3.00 bits per heavy atom. The van der Waals surface area contributed by atoms with Crippen LogP contribution in [0.2, 0.25) is 0 Å². The van der Waals surface area contributed by atoms with Gasteiger partial charge in [0.25, 0.3) is 0 Å². The number of hydrogen-bond donors (Lipinski definition) is 2. The number of ether oxygens (including phenoxy) is 1. The highest BCUT2D eigenvalue weighted by Gasteiger charge is 2.28. The lowest BCUT2D eigenvalue weighted by Crippen LogP contribution is -2.42. The van der Waals surface area contributed by atoms with E-state index in [1.807, 2.05) is 24.3 Å². The second-order valence-electron chi connectivity index (χ2n) is 4.95. The molecule has 0 aliphatic carbocycles. The van der Waals surface area contributed by atoms with E-state index in [0.29, 0.717) is 6.61 Å². The molecule has 2 heterocycles. The van der Waals surface area contributed by atoms with Gasteiger partial charge < -0.3 is 15.4 Å². The number of carbonyl (C=O) groups is 1. The van der Waals surface area contributed by atoms with Crippen LogP contribution in [0.15, 0.2) is 24.3 Å². The first-order valence-electron chi connectivity index (χ1n) is 6.57. The number of fused-ring (bicyclic) bond motifs is 1. The van der Waals surface area contributed by atoms with Gasteiger partial charge in [0.2, 0.25) is 5.91 Å². The molecule has 0 spiro atoms. The molecule has 3 rings (SSSR count). The van der Waals surface area contributed by atoms with Gasteiger partial charge in [-0.05, 0) is 25.5 Å². The van der Waals surface area contributed by atoms with Crippen molar-refractivity contribution in [3.63, 3.8) is 0 Å². The monoisotopic (exact) mass is 282 g/mol. The molecule has 104 valence electrons. The summed E-state index contributed by atoms with van der Waals surface area (Å²) in [5, 5.41) is 6.37. The summed E-state index contributed by atoms with van der Waals surface area (Å²) >= 11 is 0. The number of rotatable bonds is 2. The van der Waals surface area contributed by atoms with Gasteiger partial charge in [-0.3, -0.25) is 4.79 Å². The van der Waals surface area contributed by atoms with E-state index in [1.54, 1.807) is 0 Å². The largest absolute Gasteiger partial charge is 0.491 e. The van der Waals surface area contributed by atoms with Crippen molar-refractivity contribution in [1.82, 2.24) is 10.6 Å². The summed E-state index contributed by atoms with van der Waals surface area (Å²) in [6, 6.07) is 7.91. The van der Waals surface area contributed by atoms with E-state index in [-0.39, 0.29) is 30.3 Å². The maximum absolute atomic E-state index is 12.2. The Hall–Kier alpha value is -1.26. The predicted octanol–water partition coefficient (Wildman–Crippen LogP) is 1.66. The van der Waals surface area contributed by atoms with Gasteiger partial charge in [-0.15, -0.1) is 12.4 Å². The number of hydrogen-bond acceptors (Lipinski definition) is 3. The maximum atomic E-state index is 12.2. The summed E-state index contributed by atoms with van der Waals surface area (Å²) in [5.41, 5.74) is 1.09. The molecule has 2 N–H and O–H groups in total. The van der Waals surface area contributed by atoms with Gasteiger partial charge >= 0.3 is 0 Å². The second kappa shape index (κ2) is 6.26. The molecule has 0 aromatic heterocycles. The van der Waals surface area contributed by atoms with E-state index >= 15 is 0 Å². The molecule has 1 aromatic rings. The molecule has 1 fully saturated rings. The van der Waals surface area contributed by atoms with Crippen molar-refractivity contribution in [2.45, 2.75) is 18.9 Å². The molecule has 2 unspecified atom stereocenters. The third-order valence-corrected chi connectivity index (χ3v) is 3.68. The van der Waals surface area contributed by atoms with E-state index in [0.717, 1.165) is 37.2 Å². The van der Waals surface area contributed by atoms with E-state index in [1.165, 1.54) is 0 Å². The first kappa shape index (κ1) is 14.2. The molecule has 2 aliphatic rings.